The van der Waals surface area contributed by atoms with Crippen LogP contribution in [0.25, 0.3) is 0 Å². The summed E-state index contributed by atoms with van der Waals surface area (Å²) in [5, 5.41) is 8.97. The Morgan fingerprint density at radius 3 is 1.97 bits per heavy atom. The highest BCUT2D eigenvalue weighted by atomic mass is 19.4. The summed E-state index contributed by atoms with van der Waals surface area (Å²) in [5.74, 6) is 5.34. The Bertz CT molecular complexity index is 847. The first-order chi connectivity index (χ1) is 13.8. The van der Waals surface area contributed by atoms with Gasteiger partial charge in [-0.3, -0.25) is 4.79 Å². The Kier molecular flexibility index (Phi) is 7.96. The first kappa shape index (κ1) is 22.2. The van der Waals surface area contributed by atoms with E-state index >= 15 is 0 Å². The molecule has 154 valence electrons. The van der Waals surface area contributed by atoms with E-state index in [1.807, 2.05) is 0 Å². The average Bonchev–Trinajstić information content (AvgIpc) is 2.67. The number of aliphatic carboxylic acids is 1. The van der Waals surface area contributed by atoms with Gasteiger partial charge in [0.25, 0.3) is 0 Å². The summed E-state index contributed by atoms with van der Waals surface area (Å²) in [4.78, 5) is 10.9. The molecular weight excluding hydrogens is 385 g/mol. The minimum Gasteiger partial charge on any atom is -0.493 e. The summed E-state index contributed by atoms with van der Waals surface area (Å²) in [6.45, 7) is 2.34. The predicted molar refractivity (Wildman–Crippen MR) is 102 cm³/mol. The second-order valence-electron chi connectivity index (χ2n) is 6.19. The molecule has 1 unspecified atom stereocenters. The number of halogens is 3. The zero-order valence-corrected chi connectivity index (χ0v) is 15.8. The van der Waals surface area contributed by atoms with Crippen LogP contribution in [-0.2, 0) is 11.0 Å². The van der Waals surface area contributed by atoms with Gasteiger partial charge in [-0.1, -0.05) is 18.1 Å². The molecule has 7 heteroatoms. The van der Waals surface area contributed by atoms with E-state index in [-0.39, 0.29) is 12.3 Å². The Morgan fingerprint density at radius 2 is 1.52 bits per heavy atom. The molecule has 0 amide bonds. The van der Waals surface area contributed by atoms with Gasteiger partial charge in [-0.2, -0.15) is 13.2 Å². The molecule has 2 aromatic carbocycles. The summed E-state index contributed by atoms with van der Waals surface area (Å²) in [6.07, 6.45) is -3.88. The summed E-state index contributed by atoms with van der Waals surface area (Å²) in [6, 6.07) is 11.6. The lowest BCUT2D eigenvalue weighted by Gasteiger charge is -2.11. The second kappa shape index (κ2) is 10.4. The van der Waals surface area contributed by atoms with E-state index in [9.17, 15) is 18.0 Å². The van der Waals surface area contributed by atoms with Crippen LogP contribution < -0.4 is 9.47 Å². The van der Waals surface area contributed by atoms with Crippen LogP contribution in [0.1, 0.15) is 36.8 Å². The normalized spacial score (nSPS) is 11.9. The molecule has 2 aromatic rings. The number of ether oxygens (including phenoxy) is 2. The van der Waals surface area contributed by atoms with Gasteiger partial charge in [0.05, 0.1) is 31.1 Å². The number of alkyl halides is 3. The van der Waals surface area contributed by atoms with Crippen LogP contribution in [0.4, 0.5) is 13.2 Å². The lowest BCUT2D eigenvalue weighted by molar-refractivity contribution is -0.138. The highest BCUT2D eigenvalue weighted by Gasteiger charge is 2.29. The van der Waals surface area contributed by atoms with Crippen LogP contribution in [0.3, 0.4) is 0 Å². The standard InChI is InChI=1S/C22H21F3O4/c1-2-4-17(15-21(26)27)16-5-9-19(10-6-16)28-13-3-14-29-20-11-7-18(8-12-20)22(23,24)25/h5-12,17H,3,13-15H2,1H3,(H,26,27). The fourth-order valence-corrected chi connectivity index (χ4v) is 2.58. The van der Waals surface area contributed by atoms with E-state index in [0.29, 0.717) is 31.1 Å². The van der Waals surface area contributed by atoms with Gasteiger partial charge in [-0.25, -0.2) is 0 Å². The third kappa shape index (κ3) is 7.41. The molecule has 0 radical (unpaired) electrons. The van der Waals surface area contributed by atoms with Crippen molar-refractivity contribution in [3.63, 3.8) is 0 Å². The quantitative estimate of drug-likeness (QED) is 0.463. The number of benzene rings is 2. The highest BCUT2D eigenvalue weighted by Crippen LogP contribution is 2.30. The fraction of sp³-hybridized carbons (Fsp3) is 0.318. The minimum atomic E-state index is -4.36. The summed E-state index contributed by atoms with van der Waals surface area (Å²) >= 11 is 0. The summed E-state index contributed by atoms with van der Waals surface area (Å²) in [7, 11) is 0. The van der Waals surface area contributed by atoms with Crippen molar-refractivity contribution in [2.24, 2.45) is 0 Å². The zero-order chi connectivity index (χ0) is 21.3. The van der Waals surface area contributed by atoms with Crippen molar-refractivity contribution >= 4 is 5.97 Å². The smallest absolute Gasteiger partial charge is 0.416 e. The van der Waals surface area contributed by atoms with Crippen molar-refractivity contribution in [1.29, 1.82) is 0 Å². The van der Waals surface area contributed by atoms with Crippen LogP contribution in [-0.4, -0.2) is 24.3 Å². The molecule has 0 aliphatic carbocycles. The molecule has 0 heterocycles. The lowest BCUT2D eigenvalue weighted by atomic mass is 9.96. The van der Waals surface area contributed by atoms with Crippen LogP contribution in [0.2, 0.25) is 0 Å². The summed E-state index contributed by atoms with van der Waals surface area (Å²) in [5.41, 5.74) is 0.0897. The summed E-state index contributed by atoms with van der Waals surface area (Å²) < 4.78 is 48.5. The van der Waals surface area contributed by atoms with Crippen molar-refractivity contribution in [2.45, 2.75) is 31.9 Å². The number of carbonyl (C=O) groups is 1. The third-order valence-electron chi connectivity index (χ3n) is 3.99. The molecule has 1 N–H and O–H groups in total. The van der Waals surface area contributed by atoms with Crippen molar-refractivity contribution in [3.8, 4) is 23.3 Å². The maximum absolute atomic E-state index is 12.5. The van der Waals surface area contributed by atoms with E-state index in [1.165, 1.54) is 12.1 Å². The van der Waals surface area contributed by atoms with Gasteiger partial charge in [0, 0.05) is 6.42 Å². The Hall–Kier alpha value is -3.14. The van der Waals surface area contributed by atoms with Gasteiger partial charge >= 0.3 is 12.1 Å². The highest BCUT2D eigenvalue weighted by molar-refractivity contribution is 5.69. The van der Waals surface area contributed by atoms with E-state index in [0.717, 1.165) is 17.7 Å². The van der Waals surface area contributed by atoms with Crippen molar-refractivity contribution in [3.05, 3.63) is 59.7 Å². The van der Waals surface area contributed by atoms with Crippen LogP contribution in [0, 0.1) is 11.8 Å². The predicted octanol–water partition coefficient (Wildman–Crippen LogP) is 5.13. The molecule has 0 saturated carbocycles. The number of hydrogen-bond acceptors (Lipinski definition) is 3. The number of rotatable bonds is 9. The van der Waals surface area contributed by atoms with Crippen LogP contribution in [0.5, 0.6) is 11.5 Å². The minimum absolute atomic E-state index is 0.0671. The molecule has 29 heavy (non-hydrogen) atoms. The van der Waals surface area contributed by atoms with E-state index in [2.05, 4.69) is 11.8 Å². The third-order valence-corrected chi connectivity index (χ3v) is 3.99. The van der Waals surface area contributed by atoms with Gasteiger partial charge < -0.3 is 14.6 Å². The van der Waals surface area contributed by atoms with Crippen LogP contribution >= 0.6 is 0 Å². The zero-order valence-electron chi connectivity index (χ0n) is 15.8. The Balaban J connectivity index is 1.76. The van der Waals surface area contributed by atoms with Gasteiger partial charge in [-0.15, -0.1) is 5.92 Å². The largest absolute Gasteiger partial charge is 0.493 e. The molecule has 0 saturated heterocycles. The van der Waals surface area contributed by atoms with Crippen molar-refractivity contribution in [1.82, 2.24) is 0 Å². The molecule has 2 rings (SSSR count). The molecule has 0 aromatic heterocycles. The molecule has 0 spiro atoms. The molecule has 0 fully saturated rings. The molecule has 0 aliphatic rings. The van der Waals surface area contributed by atoms with E-state index in [4.69, 9.17) is 14.6 Å². The second-order valence-corrected chi connectivity index (χ2v) is 6.19. The van der Waals surface area contributed by atoms with Crippen molar-refractivity contribution in [2.75, 3.05) is 13.2 Å². The lowest BCUT2D eigenvalue weighted by Crippen LogP contribution is -2.07. The monoisotopic (exact) mass is 406 g/mol. The van der Waals surface area contributed by atoms with E-state index in [1.54, 1.807) is 31.2 Å². The Labute approximate surface area is 167 Å². The Morgan fingerprint density at radius 1 is 1.00 bits per heavy atom. The average molecular weight is 406 g/mol. The van der Waals surface area contributed by atoms with Crippen LogP contribution in [0.15, 0.2) is 48.5 Å². The molecule has 4 nitrogen and oxygen atoms in total. The van der Waals surface area contributed by atoms with E-state index < -0.39 is 17.7 Å². The molecule has 0 aliphatic heterocycles. The maximum atomic E-state index is 12.5. The molecular formula is C22H21F3O4. The number of hydrogen-bond donors (Lipinski definition) is 1. The van der Waals surface area contributed by atoms with Gasteiger partial charge in [0.15, 0.2) is 0 Å². The maximum Gasteiger partial charge on any atom is 0.416 e. The van der Waals surface area contributed by atoms with Gasteiger partial charge in [0.1, 0.15) is 11.5 Å². The molecule has 1 atom stereocenters. The first-order valence-corrected chi connectivity index (χ1v) is 8.96. The van der Waals surface area contributed by atoms with Gasteiger partial charge in [-0.05, 0) is 48.9 Å². The van der Waals surface area contributed by atoms with Crippen molar-refractivity contribution < 1.29 is 32.5 Å². The first-order valence-electron chi connectivity index (χ1n) is 8.96. The number of carboxylic acid groups (broad SMARTS) is 1. The fourth-order valence-electron chi connectivity index (χ4n) is 2.58. The SMILES string of the molecule is CC#CC(CC(=O)O)c1ccc(OCCCOc2ccc(C(F)(F)F)cc2)cc1. The van der Waals surface area contributed by atoms with Gasteiger partial charge in [0.2, 0.25) is 0 Å². The molecule has 0 bridgehead atoms. The topological polar surface area (TPSA) is 55.8 Å². The number of carboxylic acids is 1.